The zero-order valence-corrected chi connectivity index (χ0v) is 10.3. The van der Waals surface area contributed by atoms with Crippen molar-refractivity contribution < 1.29 is 0 Å². The molecule has 2 N–H and O–H groups in total. The maximum absolute atomic E-state index is 3.47. The van der Waals surface area contributed by atoms with Crippen LogP contribution in [0.2, 0.25) is 0 Å². The Balaban J connectivity index is 2.17. The van der Waals surface area contributed by atoms with Crippen LogP contribution < -0.4 is 10.6 Å². The average Bonchev–Trinajstić information content (AvgIpc) is 2.79. The summed E-state index contributed by atoms with van der Waals surface area (Å²) < 4.78 is 0. The predicted molar refractivity (Wildman–Crippen MR) is 68.8 cm³/mol. The van der Waals surface area contributed by atoms with Crippen LogP contribution in [0.5, 0.6) is 0 Å². The van der Waals surface area contributed by atoms with Crippen LogP contribution in [0, 0.1) is 12.8 Å². The second-order valence-electron chi connectivity index (χ2n) is 4.83. The molecule has 1 heterocycles. The molecule has 0 amide bonds. The number of nitrogens with one attached hydrogen (secondary N) is 2. The molecule has 0 spiro atoms. The van der Waals surface area contributed by atoms with Gasteiger partial charge in [0, 0.05) is 12.5 Å². The van der Waals surface area contributed by atoms with Crippen LogP contribution in [-0.2, 0) is 0 Å². The van der Waals surface area contributed by atoms with Gasteiger partial charge in [-0.2, -0.15) is 0 Å². The van der Waals surface area contributed by atoms with Crippen molar-refractivity contribution >= 4 is 0 Å². The van der Waals surface area contributed by atoms with Crippen LogP contribution in [0.4, 0.5) is 0 Å². The minimum Gasteiger partial charge on any atom is -0.319 e. The van der Waals surface area contributed by atoms with Gasteiger partial charge in [0.25, 0.3) is 0 Å². The van der Waals surface area contributed by atoms with E-state index in [0.717, 1.165) is 12.5 Å². The number of rotatable bonds is 4. The van der Waals surface area contributed by atoms with Crippen molar-refractivity contribution in [2.24, 2.45) is 5.92 Å². The van der Waals surface area contributed by atoms with Crippen molar-refractivity contribution in [3.63, 3.8) is 0 Å². The van der Waals surface area contributed by atoms with Crippen molar-refractivity contribution in [2.75, 3.05) is 26.7 Å². The Bertz CT molecular complexity index is 329. The Morgan fingerprint density at radius 3 is 3.00 bits per heavy atom. The molecule has 2 rings (SSSR count). The zero-order valence-electron chi connectivity index (χ0n) is 10.3. The molecule has 0 aromatic heterocycles. The summed E-state index contributed by atoms with van der Waals surface area (Å²) >= 11 is 0. The van der Waals surface area contributed by atoms with Crippen LogP contribution in [0.15, 0.2) is 24.3 Å². The van der Waals surface area contributed by atoms with E-state index in [4.69, 9.17) is 0 Å². The Labute approximate surface area is 98.4 Å². The average molecular weight is 218 g/mol. The molecule has 88 valence electrons. The Hall–Kier alpha value is -0.860. The van der Waals surface area contributed by atoms with Gasteiger partial charge in [0.05, 0.1) is 0 Å². The van der Waals surface area contributed by atoms with E-state index in [1.54, 1.807) is 0 Å². The molecule has 1 aromatic rings. The highest BCUT2D eigenvalue weighted by molar-refractivity contribution is 5.26. The summed E-state index contributed by atoms with van der Waals surface area (Å²) in [6, 6.07) is 8.95. The molecule has 1 fully saturated rings. The molecular formula is C14H22N2. The summed E-state index contributed by atoms with van der Waals surface area (Å²) in [5.74, 6) is 1.44. The first-order chi connectivity index (χ1) is 7.81. The van der Waals surface area contributed by atoms with Gasteiger partial charge >= 0.3 is 0 Å². The topological polar surface area (TPSA) is 24.1 Å². The fraction of sp³-hybridized carbons (Fsp3) is 0.571. The van der Waals surface area contributed by atoms with E-state index in [2.05, 4.69) is 41.8 Å². The first kappa shape index (κ1) is 11.6. The van der Waals surface area contributed by atoms with E-state index in [1.807, 2.05) is 7.05 Å². The number of benzene rings is 1. The van der Waals surface area contributed by atoms with Gasteiger partial charge in [-0.1, -0.05) is 29.8 Å². The molecule has 1 aliphatic heterocycles. The van der Waals surface area contributed by atoms with E-state index in [9.17, 15) is 0 Å². The fourth-order valence-electron chi connectivity index (χ4n) is 2.70. The van der Waals surface area contributed by atoms with Crippen LogP contribution >= 0.6 is 0 Å². The molecule has 0 aliphatic carbocycles. The Morgan fingerprint density at radius 1 is 1.50 bits per heavy atom. The van der Waals surface area contributed by atoms with Gasteiger partial charge in [-0.15, -0.1) is 0 Å². The van der Waals surface area contributed by atoms with E-state index in [0.29, 0.717) is 5.92 Å². The summed E-state index contributed by atoms with van der Waals surface area (Å²) in [5.41, 5.74) is 2.85. The quantitative estimate of drug-likeness (QED) is 0.806. The first-order valence-electron chi connectivity index (χ1n) is 6.23. The van der Waals surface area contributed by atoms with Crippen molar-refractivity contribution in [2.45, 2.75) is 19.3 Å². The molecule has 2 unspecified atom stereocenters. The lowest BCUT2D eigenvalue weighted by Gasteiger charge is -2.23. The van der Waals surface area contributed by atoms with E-state index < -0.39 is 0 Å². The third kappa shape index (κ3) is 2.63. The summed E-state index contributed by atoms with van der Waals surface area (Å²) in [6.45, 7) is 5.60. The summed E-state index contributed by atoms with van der Waals surface area (Å²) in [7, 11) is 2.05. The standard InChI is InChI=1S/C14H22N2/c1-11-4-3-5-12(8-11)14(10-15-2)13-6-7-16-9-13/h3-5,8,13-16H,6-7,9-10H2,1-2H3. The molecule has 1 saturated heterocycles. The Kier molecular flexibility index (Phi) is 3.97. The molecule has 16 heavy (non-hydrogen) atoms. The molecule has 0 bridgehead atoms. The van der Waals surface area contributed by atoms with Gasteiger partial charge in [-0.3, -0.25) is 0 Å². The number of hydrogen-bond acceptors (Lipinski definition) is 2. The predicted octanol–water partition coefficient (Wildman–Crippen LogP) is 1.91. The van der Waals surface area contributed by atoms with E-state index >= 15 is 0 Å². The molecular weight excluding hydrogens is 196 g/mol. The maximum atomic E-state index is 3.47. The monoisotopic (exact) mass is 218 g/mol. The third-order valence-corrected chi connectivity index (χ3v) is 3.56. The smallest absolute Gasteiger partial charge is 0.00203 e. The molecule has 0 radical (unpaired) electrons. The maximum Gasteiger partial charge on any atom is 0.00203 e. The van der Waals surface area contributed by atoms with E-state index in [1.165, 1.54) is 30.6 Å². The summed E-state index contributed by atoms with van der Waals surface area (Å²) in [6.07, 6.45) is 1.31. The molecule has 1 aromatic carbocycles. The largest absolute Gasteiger partial charge is 0.319 e. The summed E-state index contributed by atoms with van der Waals surface area (Å²) in [4.78, 5) is 0. The Morgan fingerprint density at radius 2 is 2.38 bits per heavy atom. The van der Waals surface area contributed by atoms with Crippen LogP contribution in [0.1, 0.15) is 23.5 Å². The normalized spacial score (nSPS) is 22.2. The van der Waals surface area contributed by atoms with Crippen LogP contribution in [-0.4, -0.2) is 26.7 Å². The van der Waals surface area contributed by atoms with Gasteiger partial charge in [-0.25, -0.2) is 0 Å². The first-order valence-corrected chi connectivity index (χ1v) is 6.23. The van der Waals surface area contributed by atoms with Gasteiger partial charge in [-0.05, 0) is 45.0 Å². The molecule has 1 aliphatic rings. The van der Waals surface area contributed by atoms with Gasteiger partial charge in [0.2, 0.25) is 0 Å². The molecule has 2 atom stereocenters. The number of aryl methyl sites for hydroxylation is 1. The lowest BCUT2D eigenvalue weighted by Crippen LogP contribution is -2.25. The highest BCUT2D eigenvalue weighted by Gasteiger charge is 2.25. The molecule has 2 nitrogen and oxygen atoms in total. The van der Waals surface area contributed by atoms with Crippen molar-refractivity contribution in [3.05, 3.63) is 35.4 Å². The van der Waals surface area contributed by atoms with Gasteiger partial charge in [0.15, 0.2) is 0 Å². The second-order valence-corrected chi connectivity index (χ2v) is 4.83. The minimum absolute atomic E-state index is 0.653. The summed E-state index contributed by atoms with van der Waals surface area (Å²) in [5, 5.41) is 6.80. The lowest BCUT2D eigenvalue weighted by molar-refractivity contribution is 0.442. The van der Waals surface area contributed by atoms with Crippen molar-refractivity contribution in [1.29, 1.82) is 0 Å². The van der Waals surface area contributed by atoms with Gasteiger partial charge < -0.3 is 10.6 Å². The SMILES string of the molecule is CNCC(c1cccc(C)c1)C1CCNC1. The number of hydrogen-bond donors (Lipinski definition) is 2. The van der Waals surface area contributed by atoms with Gasteiger partial charge in [0.1, 0.15) is 0 Å². The lowest BCUT2D eigenvalue weighted by atomic mass is 9.85. The third-order valence-electron chi connectivity index (χ3n) is 3.56. The van der Waals surface area contributed by atoms with E-state index in [-0.39, 0.29) is 0 Å². The second kappa shape index (κ2) is 5.46. The van der Waals surface area contributed by atoms with Crippen molar-refractivity contribution in [1.82, 2.24) is 10.6 Å². The molecule has 0 saturated carbocycles. The minimum atomic E-state index is 0.653. The highest BCUT2D eigenvalue weighted by atomic mass is 14.9. The highest BCUT2D eigenvalue weighted by Crippen LogP contribution is 2.28. The molecule has 2 heteroatoms. The fourth-order valence-corrected chi connectivity index (χ4v) is 2.70. The van der Waals surface area contributed by atoms with Crippen LogP contribution in [0.25, 0.3) is 0 Å². The van der Waals surface area contributed by atoms with Crippen LogP contribution in [0.3, 0.4) is 0 Å². The van der Waals surface area contributed by atoms with Crippen molar-refractivity contribution in [3.8, 4) is 0 Å². The zero-order chi connectivity index (χ0) is 11.4. The number of likely N-dealkylation sites (N-methyl/N-ethyl adjacent to an activating group) is 1.